The van der Waals surface area contributed by atoms with Gasteiger partial charge in [-0.05, 0) is 38.0 Å². The van der Waals surface area contributed by atoms with Crippen molar-refractivity contribution in [2.45, 2.75) is 44.8 Å². The molecule has 0 unspecified atom stereocenters. The Morgan fingerprint density at radius 2 is 1.83 bits per heavy atom. The van der Waals surface area contributed by atoms with E-state index in [0.29, 0.717) is 6.10 Å². The summed E-state index contributed by atoms with van der Waals surface area (Å²) in [5.41, 5.74) is 7.10. The molecule has 3 nitrogen and oxygen atoms in total. The molecule has 1 aliphatic heterocycles. The highest BCUT2D eigenvalue weighted by Gasteiger charge is 2.15. The predicted octanol–water partition coefficient (Wildman–Crippen LogP) is 2.52. The molecule has 18 heavy (non-hydrogen) atoms. The lowest BCUT2D eigenvalue weighted by Crippen LogP contribution is -2.34. The first-order valence-electron chi connectivity index (χ1n) is 6.65. The Morgan fingerprint density at radius 1 is 1.22 bits per heavy atom. The third-order valence-electron chi connectivity index (χ3n) is 3.05. The molecule has 1 fully saturated rings. The molecule has 1 aromatic rings. The zero-order valence-corrected chi connectivity index (χ0v) is 11.3. The minimum absolute atomic E-state index is 0.164. The minimum Gasteiger partial charge on any atom is -0.490 e. The van der Waals surface area contributed by atoms with Crippen LogP contribution in [0.3, 0.4) is 0 Å². The molecule has 0 atom stereocenters. The highest BCUT2D eigenvalue weighted by atomic mass is 16.5. The fourth-order valence-corrected chi connectivity index (χ4v) is 2.20. The Morgan fingerprint density at radius 3 is 2.39 bits per heavy atom. The number of hydrogen-bond acceptors (Lipinski definition) is 3. The second kappa shape index (κ2) is 5.72. The molecule has 0 amide bonds. The van der Waals surface area contributed by atoms with E-state index in [9.17, 15) is 0 Å². The normalized spacial score (nSPS) is 17.7. The summed E-state index contributed by atoms with van der Waals surface area (Å²) in [6, 6.07) is 8.28. The van der Waals surface area contributed by atoms with E-state index in [-0.39, 0.29) is 5.54 Å². The van der Waals surface area contributed by atoms with Gasteiger partial charge in [-0.1, -0.05) is 12.1 Å². The van der Waals surface area contributed by atoms with Gasteiger partial charge in [-0.2, -0.15) is 0 Å². The molecule has 1 aromatic carbocycles. The molecule has 0 saturated carbocycles. The number of hydrogen-bond donors (Lipinski definition) is 1. The molecule has 2 N–H and O–H groups in total. The second-order valence-corrected chi connectivity index (χ2v) is 5.74. The molecule has 0 spiro atoms. The summed E-state index contributed by atoms with van der Waals surface area (Å²) < 4.78 is 11.2. The van der Waals surface area contributed by atoms with Crippen molar-refractivity contribution in [1.29, 1.82) is 0 Å². The molecule has 0 bridgehead atoms. The monoisotopic (exact) mass is 249 g/mol. The van der Waals surface area contributed by atoms with E-state index in [1.54, 1.807) is 0 Å². The Labute approximate surface area is 109 Å². The molecule has 3 heteroatoms. The van der Waals surface area contributed by atoms with Crippen LogP contribution in [0.15, 0.2) is 24.3 Å². The van der Waals surface area contributed by atoms with Gasteiger partial charge in [0, 0.05) is 18.4 Å². The molecule has 100 valence electrons. The Bertz CT molecular complexity index is 361. The zero-order valence-electron chi connectivity index (χ0n) is 11.3. The summed E-state index contributed by atoms with van der Waals surface area (Å²) >= 11 is 0. The van der Waals surface area contributed by atoms with Gasteiger partial charge in [0.2, 0.25) is 0 Å². The van der Waals surface area contributed by atoms with E-state index in [4.69, 9.17) is 15.2 Å². The maximum Gasteiger partial charge on any atom is 0.119 e. The molecule has 1 heterocycles. The molecule has 1 aliphatic rings. The lowest BCUT2D eigenvalue weighted by molar-refractivity contribution is 0.0255. The first kappa shape index (κ1) is 13.4. The van der Waals surface area contributed by atoms with Crippen molar-refractivity contribution in [3.8, 4) is 5.75 Å². The summed E-state index contributed by atoms with van der Waals surface area (Å²) in [6.07, 6.45) is 3.15. The van der Waals surface area contributed by atoms with Crippen molar-refractivity contribution in [2.75, 3.05) is 13.2 Å². The Kier molecular flexibility index (Phi) is 4.25. The molecular weight excluding hydrogens is 226 g/mol. The van der Waals surface area contributed by atoms with Crippen molar-refractivity contribution < 1.29 is 9.47 Å². The van der Waals surface area contributed by atoms with Gasteiger partial charge in [-0.15, -0.1) is 0 Å². The largest absolute Gasteiger partial charge is 0.490 e. The van der Waals surface area contributed by atoms with Crippen molar-refractivity contribution >= 4 is 0 Å². The van der Waals surface area contributed by atoms with Crippen LogP contribution in [0, 0.1) is 0 Å². The summed E-state index contributed by atoms with van der Waals surface area (Å²) in [5, 5.41) is 0. The van der Waals surface area contributed by atoms with Crippen molar-refractivity contribution in [3.05, 3.63) is 29.8 Å². The summed E-state index contributed by atoms with van der Waals surface area (Å²) in [7, 11) is 0. The van der Waals surface area contributed by atoms with Gasteiger partial charge < -0.3 is 15.2 Å². The molecule has 0 aromatic heterocycles. The van der Waals surface area contributed by atoms with Gasteiger partial charge in [-0.3, -0.25) is 0 Å². The fourth-order valence-electron chi connectivity index (χ4n) is 2.20. The van der Waals surface area contributed by atoms with Crippen LogP contribution in [0.25, 0.3) is 0 Å². The average molecular weight is 249 g/mol. The molecule has 0 aliphatic carbocycles. The van der Waals surface area contributed by atoms with Crippen LogP contribution in [0.1, 0.15) is 32.3 Å². The van der Waals surface area contributed by atoms with Crippen molar-refractivity contribution in [3.63, 3.8) is 0 Å². The highest BCUT2D eigenvalue weighted by molar-refractivity contribution is 5.28. The third kappa shape index (κ3) is 4.31. The molecule has 1 saturated heterocycles. The summed E-state index contributed by atoms with van der Waals surface area (Å²) in [4.78, 5) is 0. The van der Waals surface area contributed by atoms with Gasteiger partial charge in [0.25, 0.3) is 0 Å². The van der Waals surface area contributed by atoms with Crippen molar-refractivity contribution in [1.82, 2.24) is 0 Å². The van der Waals surface area contributed by atoms with Crippen LogP contribution in [0.5, 0.6) is 5.75 Å². The fraction of sp³-hybridized carbons (Fsp3) is 0.600. The van der Waals surface area contributed by atoms with Crippen molar-refractivity contribution in [2.24, 2.45) is 5.73 Å². The van der Waals surface area contributed by atoms with Gasteiger partial charge in [0.1, 0.15) is 11.9 Å². The second-order valence-electron chi connectivity index (χ2n) is 5.74. The van der Waals surface area contributed by atoms with Crippen LogP contribution >= 0.6 is 0 Å². The number of ether oxygens (including phenoxy) is 2. The topological polar surface area (TPSA) is 44.5 Å². The SMILES string of the molecule is CC(C)(N)Cc1ccc(OC2CCOCC2)cc1. The van der Waals surface area contributed by atoms with Crippen LogP contribution in [0.2, 0.25) is 0 Å². The van der Waals surface area contributed by atoms with Gasteiger partial charge in [0.05, 0.1) is 13.2 Å². The number of nitrogens with two attached hydrogens (primary N) is 1. The minimum atomic E-state index is -0.164. The summed E-state index contributed by atoms with van der Waals surface area (Å²) in [6.45, 7) is 5.70. The zero-order chi connectivity index (χ0) is 13.0. The number of rotatable bonds is 4. The highest BCUT2D eigenvalue weighted by Crippen LogP contribution is 2.20. The van der Waals surface area contributed by atoms with Gasteiger partial charge >= 0.3 is 0 Å². The van der Waals surface area contributed by atoms with Crippen LogP contribution in [-0.4, -0.2) is 24.9 Å². The Balaban J connectivity index is 1.90. The molecule has 2 rings (SSSR count). The standard InChI is InChI=1S/C15H23NO2/c1-15(2,16)11-12-3-5-13(6-4-12)18-14-7-9-17-10-8-14/h3-6,14H,7-11,16H2,1-2H3. The van der Waals surface area contributed by atoms with Crippen LogP contribution in [0.4, 0.5) is 0 Å². The smallest absolute Gasteiger partial charge is 0.119 e. The summed E-state index contributed by atoms with van der Waals surface area (Å²) in [5.74, 6) is 0.945. The third-order valence-corrected chi connectivity index (χ3v) is 3.05. The average Bonchev–Trinajstić information content (AvgIpc) is 2.31. The lowest BCUT2D eigenvalue weighted by Gasteiger charge is -2.23. The van der Waals surface area contributed by atoms with Gasteiger partial charge in [0.15, 0.2) is 0 Å². The van der Waals surface area contributed by atoms with E-state index in [0.717, 1.165) is 38.2 Å². The van der Waals surface area contributed by atoms with E-state index in [1.165, 1.54) is 5.56 Å². The quantitative estimate of drug-likeness (QED) is 0.891. The van der Waals surface area contributed by atoms with E-state index >= 15 is 0 Å². The molecular formula is C15H23NO2. The Hall–Kier alpha value is -1.06. The van der Waals surface area contributed by atoms with Crippen LogP contribution < -0.4 is 10.5 Å². The maximum atomic E-state index is 6.01. The predicted molar refractivity (Wildman–Crippen MR) is 72.9 cm³/mol. The maximum absolute atomic E-state index is 6.01. The van der Waals surface area contributed by atoms with E-state index < -0.39 is 0 Å². The first-order chi connectivity index (χ1) is 8.53. The number of benzene rings is 1. The first-order valence-corrected chi connectivity index (χ1v) is 6.65. The van der Waals surface area contributed by atoms with E-state index in [1.807, 2.05) is 26.0 Å². The van der Waals surface area contributed by atoms with E-state index in [2.05, 4.69) is 12.1 Å². The van der Waals surface area contributed by atoms with Crippen LogP contribution in [-0.2, 0) is 11.2 Å². The molecule has 0 radical (unpaired) electrons. The lowest BCUT2D eigenvalue weighted by atomic mass is 9.96. The van der Waals surface area contributed by atoms with Gasteiger partial charge in [-0.25, -0.2) is 0 Å².